The van der Waals surface area contributed by atoms with Gasteiger partial charge in [0.25, 0.3) is 0 Å². The molecule has 1 aliphatic rings. The summed E-state index contributed by atoms with van der Waals surface area (Å²) in [4.78, 5) is 17.7. The van der Waals surface area contributed by atoms with E-state index in [2.05, 4.69) is 26.5 Å². The first-order chi connectivity index (χ1) is 10.7. The van der Waals surface area contributed by atoms with E-state index >= 15 is 0 Å². The van der Waals surface area contributed by atoms with Gasteiger partial charge in [0.2, 0.25) is 17.7 Å². The number of carbonyl (C=O) groups excluding carboxylic acids is 1. The minimum Gasteiger partial charge on any atom is -0.424 e. The van der Waals surface area contributed by atoms with Gasteiger partial charge in [0, 0.05) is 44.4 Å². The normalized spacial score (nSPS) is 16.1. The van der Waals surface area contributed by atoms with E-state index in [1.54, 1.807) is 18.3 Å². The van der Waals surface area contributed by atoms with Crippen molar-refractivity contribution in [3.63, 3.8) is 0 Å². The average molecular weight is 320 g/mol. The summed E-state index contributed by atoms with van der Waals surface area (Å²) in [6.45, 7) is 5.71. The second kappa shape index (κ2) is 7.02. The Balaban J connectivity index is 1.42. The van der Waals surface area contributed by atoms with Crippen LogP contribution in [-0.4, -0.2) is 52.1 Å². The summed E-state index contributed by atoms with van der Waals surface area (Å²) in [7, 11) is 0. The molecular weight excluding hydrogens is 300 g/mol. The van der Waals surface area contributed by atoms with Gasteiger partial charge in [-0.3, -0.25) is 9.69 Å². The number of piperazine rings is 1. The Bertz CT molecular complexity index is 603. The molecule has 7 heteroatoms. The van der Waals surface area contributed by atoms with Crippen LogP contribution in [0.15, 0.2) is 21.9 Å². The van der Waals surface area contributed by atoms with Crippen LogP contribution < -0.4 is 0 Å². The van der Waals surface area contributed by atoms with Crippen LogP contribution in [0.25, 0.3) is 0 Å². The van der Waals surface area contributed by atoms with E-state index in [-0.39, 0.29) is 5.91 Å². The lowest BCUT2D eigenvalue weighted by atomic mass is 10.2. The molecule has 3 heterocycles. The molecule has 2 aromatic rings. The Morgan fingerprint density at radius 3 is 2.77 bits per heavy atom. The van der Waals surface area contributed by atoms with Crippen LogP contribution >= 0.6 is 11.3 Å². The highest BCUT2D eigenvalue weighted by Gasteiger charge is 2.22. The Morgan fingerprint density at radius 2 is 2.14 bits per heavy atom. The van der Waals surface area contributed by atoms with Crippen molar-refractivity contribution in [3.05, 3.63) is 34.2 Å². The van der Waals surface area contributed by atoms with Crippen LogP contribution in [0.3, 0.4) is 0 Å². The van der Waals surface area contributed by atoms with E-state index in [0.29, 0.717) is 24.7 Å². The van der Waals surface area contributed by atoms with Crippen molar-refractivity contribution in [1.29, 1.82) is 0 Å². The van der Waals surface area contributed by atoms with Crippen LogP contribution in [0.1, 0.15) is 23.1 Å². The highest BCUT2D eigenvalue weighted by atomic mass is 32.1. The summed E-state index contributed by atoms with van der Waals surface area (Å²) in [6.07, 6.45) is 1.45. The average Bonchev–Trinajstić information content (AvgIpc) is 3.17. The minimum atomic E-state index is 0.252. The number of aryl methyl sites for hydroxylation is 2. The maximum absolute atomic E-state index is 12.2. The Hall–Kier alpha value is -1.73. The number of hydrogen-bond acceptors (Lipinski definition) is 6. The standard InChI is InChI=1S/C15H20N4O2S/c1-12-16-17-14(21-12)11-18-6-8-19(9-7-18)15(20)5-4-13-3-2-10-22-13/h2-3,10H,4-9,11H2,1H3. The summed E-state index contributed by atoms with van der Waals surface area (Å²) in [5.74, 6) is 1.49. The summed E-state index contributed by atoms with van der Waals surface area (Å²) >= 11 is 1.71. The third-order valence-electron chi connectivity index (χ3n) is 3.82. The third kappa shape index (κ3) is 3.92. The first kappa shape index (κ1) is 15.2. The zero-order valence-corrected chi connectivity index (χ0v) is 13.5. The highest BCUT2D eigenvalue weighted by molar-refractivity contribution is 7.09. The molecule has 0 N–H and O–H groups in total. The topological polar surface area (TPSA) is 62.5 Å². The van der Waals surface area contributed by atoms with Gasteiger partial charge in [-0.2, -0.15) is 0 Å². The van der Waals surface area contributed by atoms with Gasteiger partial charge >= 0.3 is 0 Å². The monoisotopic (exact) mass is 320 g/mol. The molecule has 1 fully saturated rings. The molecule has 1 amide bonds. The van der Waals surface area contributed by atoms with Crippen LogP contribution in [0.5, 0.6) is 0 Å². The fourth-order valence-electron chi connectivity index (χ4n) is 2.59. The third-order valence-corrected chi connectivity index (χ3v) is 4.75. The van der Waals surface area contributed by atoms with Crippen molar-refractivity contribution in [2.45, 2.75) is 26.3 Å². The Kier molecular flexibility index (Phi) is 4.84. The highest BCUT2D eigenvalue weighted by Crippen LogP contribution is 2.13. The van der Waals surface area contributed by atoms with Crippen molar-refractivity contribution in [1.82, 2.24) is 20.0 Å². The molecule has 0 aromatic carbocycles. The van der Waals surface area contributed by atoms with Crippen molar-refractivity contribution in [2.75, 3.05) is 26.2 Å². The summed E-state index contributed by atoms with van der Waals surface area (Å²) in [6, 6.07) is 4.12. The largest absolute Gasteiger partial charge is 0.424 e. The smallest absolute Gasteiger partial charge is 0.230 e. The number of thiophene rings is 1. The summed E-state index contributed by atoms with van der Waals surface area (Å²) in [5.41, 5.74) is 0. The zero-order valence-electron chi connectivity index (χ0n) is 12.7. The second-order valence-corrected chi connectivity index (χ2v) is 6.48. The van der Waals surface area contributed by atoms with Crippen molar-refractivity contribution in [2.24, 2.45) is 0 Å². The van der Waals surface area contributed by atoms with E-state index in [4.69, 9.17) is 4.42 Å². The number of hydrogen-bond donors (Lipinski definition) is 0. The molecule has 3 rings (SSSR count). The van der Waals surface area contributed by atoms with E-state index in [9.17, 15) is 4.79 Å². The number of rotatable bonds is 5. The van der Waals surface area contributed by atoms with E-state index < -0.39 is 0 Å². The molecular formula is C15H20N4O2S. The van der Waals surface area contributed by atoms with Crippen molar-refractivity contribution in [3.8, 4) is 0 Å². The van der Waals surface area contributed by atoms with Gasteiger partial charge in [0.1, 0.15) is 0 Å². The fraction of sp³-hybridized carbons (Fsp3) is 0.533. The molecule has 1 aliphatic heterocycles. The lowest BCUT2D eigenvalue weighted by Gasteiger charge is -2.34. The molecule has 0 unspecified atom stereocenters. The maximum Gasteiger partial charge on any atom is 0.230 e. The minimum absolute atomic E-state index is 0.252. The first-order valence-corrected chi connectivity index (χ1v) is 8.40. The van der Waals surface area contributed by atoms with Gasteiger partial charge in [-0.15, -0.1) is 21.5 Å². The number of amides is 1. The van der Waals surface area contributed by atoms with Gasteiger partial charge in [0.05, 0.1) is 6.54 Å². The Labute approximate surface area is 133 Å². The van der Waals surface area contributed by atoms with Crippen LogP contribution in [0.4, 0.5) is 0 Å². The van der Waals surface area contributed by atoms with Crippen molar-refractivity contribution < 1.29 is 9.21 Å². The fourth-order valence-corrected chi connectivity index (χ4v) is 3.30. The van der Waals surface area contributed by atoms with Gasteiger partial charge in [-0.25, -0.2) is 0 Å². The van der Waals surface area contributed by atoms with Gasteiger partial charge in [-0.1, -0.05) is 6.07 Å². The molecule has 2 aromatic heterocycles. The molecule has 1 saturated heterocycles. The number of nitrogens with zero attached hydrogens (tertiary/aromatic N) is 4. The molecule has 118 valence electrons. The molecule has 0 bridgehead atoms. The van der Waals surface area contributed by atoms with Crippen LogP contribution in [0.2, 0.25) is 0 Å². The Morgan fingerprint density at radius 1 is 1.32 bits per heavy atom. The van der Waals surface area contributed by atoms with Crippen LogP contribution in [-0.2, 0) is 17.8 Å². The molecule has 0 atom stereocenters. The molecule has 0 radical (unpaired) electrons. The SMILES string of the molecule is Cc1nnc(CN2CCN(C(=O)CCc3cccs3)CC2)o1. The van der Waals surface area contributed by atoms with E-state index in [1.165, 1.54) is 4.88 Å². The van der Waals surface area contributed by atoms with E-state index in [0.717, 1.165) is 32.6 Å². The maximum atomic E-state index is 12.2. The van der Waals surface area contributed by atoms with Gasteiger partial charge in [0.15, 0.2) is 0 Å². The van der Waals surface area contributed by atoms with E-state index in [1.807, 2.05) is 11.0 Å². The second-order valence-electron chi connectivity index (χ2n) is 5.45. The molecule has 0 spiro atoms. The summed E-state index contributed by atoms with van der Waals surface area (Å²) < 4.78 is 5.40. The predicted molar refractivity (Wildman–Crippen MR) is 83.5 cm³/mol. The molecule has 0 aliphatic carbocycles. The quantitative estimate of drug-likeness (QED) is 0.839. The zero-order chi connectivity index (χ0) is 15.4. The predicted octanol–water partition coefficient (Wildman–Crippen LogP) is 1.72. The number of carbonyl (C=O) groups is 1. The molecule has 22 heavy (non-hydrogen) atoms. The van der Waals surface area contributed by atoms with Crippen LogP contribution in [0, 0.1) is 6.92 Å². The first-order valence-electron chi connectivity index (χ1n) is 7.52. The molecule has 0 saturated carbocycles. The lowest BCUT2D eigenvalue weighted by molar-refractivity contribution is -0.133. The van der Waals surface area contributed by atoms with Gasteiger partial charge < -0.3 is 9.32 Å². The van der Waals surface area contributed by atoms with Gasteiger partial charge in [-0.05, 0) is 17.9 Å². The van der Waals surface area contributed by atoms with Crippen molar-refractivity contribution >= 4 is 17.2 Å². The lowest BCUT2D eigenvalue weighted by Crippen LogP contribution is -2.48. The number of aromatic nitrogens is 2. The summed E-state index contributed by atoms with van der Waals surface area (Å²) in [5, 5.41) is 9.90. The molecule has 6 nitrogen and oxygen atoms in total.